The molecule has 0 unspecified atom stereocenters. The second kappa shape index (κ2) is 7.93. The van der Waals surface area contributed by atoms with Crippen LogP contribution in [0.15, 0.2) is 30.3 Å². The van der Waals surface area contributed by atoms with Gasteiger partial charge in [0.25, 0.3) is 5.91 Å². The van der Waals surface area contributed by atoms with Crippen molar-refractivity contribution in [2.75, 3.05) is 32.8 Å². The third-order valence-electron chi connectivity index (χ3n) is 4.43. The highest BCUT2D eigenvalue weighted by Gasteiger charge is 2.22. The van der Waals surface area contributed by atoms with Gasteiger partial charge in [0.15, 0.2) is 0 Å². The first-order chi connectivity index (χ1) is 12.0. The average Bonchev–Trinajstić information content (AvgIpc) is 2.58. The number of carbonyl (C=O) groups is 1. The normalized spacial score (nSPS) is 18.6. The fraction of sp³-hybridized carbons (Fsp3) is 0.500. The molecule has 1 aromatic heterocycles. The standard InChI is InChI=1S/C20H27N3O2/c1-14(2)12-23-8-9-25-16(13-23)11-21-20(24)18-10-15(3)22-19-7-5-4-6-17(18)19/h4-7,10,14,16H,8-9,11-13H2,1-3H3,(H,21,24)/t16-/m0/s1. The van der Waals surface area contributed by atoms with Crippen LogP contribution in [0.1, 0.15) is 29.9 Å². The minimum Gasteiger partial charge on any atom is -0.374 e. The Balaban J connectivity index is 1.65. The molecule has 134 valence electrons. The molecule has 1 aliphatic heterocycles. The van der Waals surface area contributed by atoms with Crippen LogP contribution >= 0.6 is 0 Å². The van der Waals surface area contributed by atoms with Crippen LogP contribution in [0.25, 0.3) is 10.9 Å². The van der Waals surface area contributed by atoms with Gasteiger partial charge in [-0.2, -0.15) is 0 Å². The maximum atomic E-state index is 12.7. The number of morpholine rings is 1. The molecule has 1 saturated heterocycles. The number of pyridine rings is 1. The molecular weight excluding hydrogens is 314 g/mol. The summed E-state index contributed by atoms with van der Waals surface area (Å²) in [4.78, 5) is 19.6. The SMILES string of the molecule is Cc1cc(C(=O)NC[C@H]2CN(CC(C)C)CCO2)c2ccccc2n1. The van der Waals surface area contributed by atoms with Gasteiger partial charge in [-0.3, -0.25) is 14.7 Å². The van der Waals surface area contributed by atoms with Crippen molar-refractivity contribution >= 4 is 16.8 Å². The maximum absolute atomic E-state index is 12.7. The van der Waals surface area contributed by atoms with Gasteiger partial charge in [-0.1, -0.05) is 32.0 Å². The van der Waals surface area contributed by atoms with Crippen molar-refractivity contribution in [2.45, 2.75) is 26.9 Å². The highest BCUT2D eigenvalue weighted by Crippen LogP contribution is 2.18. The molecule has 1 N–H and O–H groups in total. The molecule has 1 amide bonds. The topological polar surface area (TPSA) is 54.5 Å². The van der Waals surface area contributed by atoms with E-state index in [-0.39, 0.29) is 12.0 Å². The zero-order valence-electron chi connectivity index (χ0n) is 15.3. The van der Waals surface area contributed by atoms with Crippen molar-refractivity contribution in [3.8, 4) is 0 Å². The number of para-hydroxylation sites is 1. The molecular formula is C20H27N3O2. The van der Waals surface area contributed by atoms with Crippen LogP contribution in [0.4, 0.5) is 0 Å². The van der Waals surface area contributed by atoms with Crippen molar-refractivity contribution in [3.63, 3.8) is 0 Å². The molecule has 1 aromatic carbocycles. The van der Waals surface area contributed by atoms with Crippen LogP contribution in [0.3, 0.4) is 0 Å². The molecule has 0 spiro atoms. The summed E-state index contributed by atoms with van der Waals surface area (Å²) in [5, 5.41) is 3.93. The highest BCUT2D eigenvalue weighted by atomic mass is 16.5. The Kier molecular flexibility index (Phi) is 5.66. The molecule has 0 saturated carbocycles. The summed E-state index contributed by atoms with van der Waals surface area (Å²) in [5.74, 6) is 0.575. The van der Waals surface area contributed by atoms with Crippen molar-refractivity contribution in [3.05, 3.63) is 41.6 Å². The van der Waals surface area contributed by atoms with Crippen LogP contribution in [-0.2, 0) is 4.74 Å². The van der Waals surface area contributed by atoms with E-state index in [2.05, 4.69) is 29.0 Å². The lowest BCUT2D eigenvalue weighted by atomic mass is 10.1. The molecule has 3 rings (SSSR count). The number of amides is 1. The quantitative estimate of drug-likeness (QED) is 0.908. The van der Waals surface area contributed by atoms with Gasteiger partial charge < -0.3 is 10.1 Å². The van der Waals surface area contributed by atoms with Gasteiger partial charge in [0.2, 0.25) is 0 Å². The number of aromatic nitrogens is 1. The Morgan fingerprint density at radius 3 is 3.00 bits per heavy atom. The minimum absolute atomic E-state index is 0.0469. The van der Waals surface area contributed by atoms with Crippen LogP contribution in [-0.4, -0.2) is 54.7 Å². The van der Waals surface area contributed by atoms with Crippen molar-refractivity contribution < 1.29 is 9.53 Å². The molecule has 2 aromatic rings. The van der Waals surface area contributed by atoms with E-state index < -0.39 is 0 Å². The summed E-state index contributed by atoms with van der Waals surface area (Å²) >= 11 is 0. The summed E-state index contributed by atoms with van der Waals surface area (Å²) in [6, 6.07) is 9.61. The number of ether oxygens (including phenoxy) is 1. The smallest absolute Gasteiger partial charge is 0.252 e. The van der Waals surface area contributed by atoms with Crippen LogP contribution in [0, 0.1) is 12.8 Å². The highest BCUT2D eigenvalue weighted by molar-refractivity contribution is 6.06. The Morgan fingerprint density at radius 1 is 1.40 bits per heavy atom. The monoisotopic (exact) mass is 341 g/mol. The first-order valence-electron chi connectivity index (χ1n) is 9.01. The second-order valence-electron chi connectivity index (χ2n) is 7.18. The molecule has 1 fully saturated rings. The first-order valence-corrected chi connectivity index (χ1v) is 9.01. The fourth-order valence-electron chi connectivity index (χ4n) is 3.38. The number of nitrogens with zero attached hydrogens (tertiary/aromatic N) is 2. The largest absolute Gasteiger partial charge is 0.374 e. The number of benzene rings is 1. The van der Waals surface area contributed by atoms with E-state index in [1.807, 2.05) is 37.3 Å². The van der Waals surface area contributed by atoms with Crippen molar-refractivity contribution in [2.24, 2.45) is 5.92 Å². The van der Waals surface area contributed by atoms with E-state index in [1.54, 1.807) is 0 Å². The van der Waals surface area contributed by atoms with Crippen LogP contribution < -0.4 is 5.32 Å². The second-order valence-corrected chi connectivity index (χ2v) is 7.18. The summed E-state index contributed by atoms with van der Waals surface area (Å²) < 4.78 is 5.82. The lowest BCUT2D eigenvalue weighted by Crippen LogP contribution is -2.48. The summed E-state index contributed by atoms with van der Waals surface area (Å²) in [6.07, 6.45) is 0.0469. The molecule has 2 heterocycles. The summed E-state index contributed by atoms with van der Waals surface area (Å²) in [5.41, 5.74) is 2.38. The Bertz CT molecular complexity index is 745. The lowest BCUT2D eigenvalue weighted by Gasteiger charge is -2.34. The summed E-state index contributed by atoms with van der Waals surface area (Å²) in [6.45, 7) is 10.5. The van der Waals surface area contributed by atoms with E-state index in [1.165, 1.54) is 0 Å². The Hall–Kier alpha value is -1.98. The Labute approximate surface area is 149 Å². The molecule has 1 aliphatic rings. The van der Waals surface area contributed by atoms with Gasteiger partial charge >= 0.3 is 0 Å². The Morgan fingerprint density at radius 2 is 2.20 bits per heavy atom. The molecule has 5 nitrogen and oxygen atoms in total. The number of nitrogens with one attached hydrogen (secondary N) is 1. The third-order valence-corrected chi connectivity index (χ3v) is 4.43. The molecule has 0 bridgehead atoms. The number of hydrogen-bond acceptors (Lipinski definition) is 4. The number of aryl methyl sites for hydroxylation is 1. The van der Waals surface area contributed by atoms with Crippen LogP contribution in [0.5, 0.6) is 0 Å². The van der Waals surface area contributed by atoms with E-state index in [9.17, 15) is 4.79 Å². The third kappa shape index (κ3) is 4.55. The van der Waals surface area contributed by atoms with E-state index in [0.717, 1.165) is 42.8 Å². The summed E-state index contributed by atoms with van der Waals surface area (Å²) in [7, 11) is 0. The van der Waals surface area contributed by atoms with Crippen molar-refractivity contribution in [1.82, 2.24) is 15.2 Å². The van der Waals surface area contributed by atoms with Gasteiger partial charge in [-0.25, -0.2) is 0 Å². The predicted molar refractivity (Wildman–Crippen MR) is 99.8 cm³/mol. The number of rotatable bonds is 5. The molecule has 1 atom stereocenters. The molecule has 25 heavy (non-hydrogen) atoms. The van der Waals surface area contributed by atoms with E-state index >= 15 is 0 Å². The maximum Gasteiger partial charge on any atom is 0.252 e. The average molecular weight is 341 g/mol. The van der Waals surface area contributed by atoms with Gasteiger partial charge in [-0.05, 0) is 25.0 Å². The van der Waals surface area contributed by atoms with E-state index in [4.69, 9.17) is 4.74 Å². The molecule has 5 heteroatoms. The zero-order chi connectivity index (χ0) is 17.8. The molecule has 0 radical (unpaired) electrons. The number of carbonyl (C=O) groups excluding carboxylic acids is 1. The number of fused-ring (bicyclic) bond motifs is 1. The van der Waals surface area contributed by atoms with Gasteiger partial charge in [-0.15, -0.1) is 0 Å². The lowest BCUT2D eigenvalue weighted by molar-refractivity contribution is -0.0295. The van der Waals surface area contributed by atoms with Gasteiger partial charge in [0.1, 0.15) is 0 Å². The van der Waals surface area contributed by atoms with Crippen molar-refractivity contribution in [1.29, 1.82) is 0 Å². The van der Waals surface area contributed by atoms with Gasteiger partial charge in [0, 0.05) is 37.3 Å². The predicted octanol–water partition coefficient (Wildman–Crippen LogP) is 2.63. The zero-order valence-corrected chi connectivity index (χ0v) is 15.3. The van der Waals surface area contributed by atoms with E-state index in [0.29, 0.717) is 18.0 Å². The minimum atomic E-state index is -0.0636. The first kappa shape index (κ1) is 17.8. The fourth-order valence-corrected chi connectivity index (χ4v) is 3.38. The number of hydrogen-bond donors (Lipinski definition) is 1. The van der Waals surface area contributed by atoms with Crippen LogP contribution in [0.2, 0.25) is 0 Å². The van der Waals surface area contributed by atoms with Gasteiger partial charge in [0.05, 0.1) is 23.8 Å². The molecule has 0 aliphatic carbocycles.